The van der Waals surface area contributed by atoms with Gasteiger partial charge in [0.1, 0.15) is 0 Å². The van der Waals surface area contributed by atoms with E-state index < -0.39 is 6.09 Å². The molecule has 0 radical (unpaired) electrons. The van der Waals surface area contributed by atoms with Gasteiger partial charge in [-0.05, 0) is 24.6 Å². The molecule has 0 saturated carbocycles. The van der Waals surface area contributed by atoms with Gasteiger partial charge in [-0.1, -0.05) is 12.1 Å². The van der Waals surface area contributed by atoms with Gasteiger partial charge in [-0.15, -0.1) is 0 Å². The number of rotatable bonds is 1. The Bertz CT molecular complexity index is 301. The van der Waals surface area contributed by atoms with Gasteiger partial charge in [0, 0.05) is 11.8 Å². The van der Waals surface area contributed by atoms with Crippen LogP contribution < -0.4 is 4.42 Å². The van der Waals surface area contributed by atoms with Gasteiger partial charge >= 0.3 is 6.09 Å². The number of hydrogen-bond acceptors (Lipinski definition) is 1. The first-order valence-corrected chi connectivity index (χ1v) is 3.70. The average Bonchev–Trinajstić information content (AvgIpc) is 2.03. The Morgan fingerprint density at radius 1 is 1.58 bits per heavy atom. The largest absolute Gasteiger partial charge is 0.464 e. The van der Waals surface area contributed by atoms with Crippen LogP contribution in [0.3, 0.4) is 0 Å². The summed E-state index contributed by atoms with van der Waals surface area (Å²) in [6, 6.07) is 6.95. The van der Waals surface area contributed by atoms with E-state index in [4.69, 9.17) is 16.9 Å². The van der Waals surface area contributed by atoms with Crippen LogP contribution in [0.15, 0.2) is 24.3 Å². The number of aryl methyl sites for hydroxylation is 1. The molecule has 1 amide bonds. The Labute approximate surface area is 75.3 Å². The number of carboxylic acid groups (broad SMARTS) is 1. The summed E-state index contributed by atoms with van der Waals surface area (Å²) >= 11 is 5.45. The molecule has 0 saturated heterocycles. The van der Waals surface area contributed by atoms with E-state index in [0.717, 1.165) is 5.56 Å². The molecule has 0 aliphatic rings. The lowest BCUT2D eigenvalue weighted by molar-refractivity contribution is 0.206. The molecule has 1 N–H and O–H groups in total. The van der Waals surface area contributed by atoms with Gasteiger partial charge < -0.3 is 5.11 Å². The molecular formula is C8H8ClNO2. The number of benzene rings is 1. The minimum absolute atomic E-state index is 0.462. The van der Waals surface area contributed by atoms with Crippen LogP contribution in [0, 0.1) is 6.92 Å². The van der Waals surface area contributed by atoms with E-state index in [1.54, 1.807) is 18.2 Å². The quantitative estimate of drug-likeness (QED) is 0.684. The van der Waals surface area contributed by atoms with E-state index in [1.165, 1.54) is 0 Å². The topological polar surface area (TPSA) is 40.5 Å². The SMILES string of the molecule is Cc1cccc(N(Cl)C(=O)O)c1. The third-order valence-electron chi connectivity index (χ3n) is 1.40. The molecule has 1 aromatic carbocycles. The lowest BCUT2D eigenvalue weighted by Gasteiger charge is -2.09. The van der Waals surface area contributed by atoms with Gasteiger partial charge in [0.2, 0.25) is 0 Å². The molecule has 0 spiro atoms. The predicted molar refractivity (Wildman–Crippen MR) is 47.5 cm³/mol. The first-order valence-electron chi connectivity index (χ1n) is 3.37. The summed E-state index contributed by atoms with van der Waals surface area (Å²) in [7, 11) is 0. The van der Waals surface area contributed by atoms with Crippen molar-refractivity contribution in [2.75, 3.05) is 4.42 Å². The van der Waals surface area contributed by atoms with E-state index in [0.29, 0.717) is 10.1 Å². The van der Waals surface area contributed by atoms with E-state index in [2.05, 4.69) is 0 Å². The van der Waals surface area contributed by atoms with Crippen LogP contribution in [0.2, 0.25) is 0 Å². The van der Waals surface area contributed by atoms with Crippen LogP contribution >= 0.6 is 11.8 Å². The van der Waals surface area contributed by atoms with Crippen molar-refractivity contribution in [2.24, 2.45) is 0 Å². The van der Waals surface area contributed by atoms with E-state index in [9.17, 15) is 4.79 Å². The molecule has 0 unspecified atom stereocenters. The van der Waals surface area contributed by atoms with Crippen LogP contribution in [-0.4, -0.2) is 11.2 Å². The van der Waals surface area contributed by atoms with E-state index >= 15 is 0 Å². The first-order chi connectivity index (χ1) is 5.61. The summed E-state index contributed by atoms with van der Waals surface area (Å²) in [6.07, 6.45) is -1.18. The van der Waals surface area contributed by atoms with E-state index in [-0.39, 0.29) is 0 Å². The summed E-state index contributed by atoms with van der Waals surface area (Å²) in [5.74, 6) is 0. The molecule has 0 aliphatic carbocycles. The summed E-state index contributed by atoms with van der Waals surface area (Å²) in [5, 5.41) is 8.52. The smallest absolute Gasteiger partial charge is 0.426 e. The van der Waals surface area contributed by atoms with Crippen molar-refractivity contribution in [3.8, 4) is 0 Å². The molecule has 0 heterocycles. The zero-order chi connectivity index (χ0) is 9.14. The summed E-state index contributed by atoms with van der Waals surface area (Å²) in [5.41, 5.74) is 1.43. The molecule has 1 aromatic rings. The highest BCUT2D eigenvalue weighted by Gasteiger charge is 2.09. The Balaban J connectivity index is 2.95. The minimum atomic E-state index is -1.18. The second kappa shape index (κ2) is 3.45. The number of nitrogens with zero attached hydrogens (tertiary/aromatic N) is 1. The highest BCUT2D eigenvalue weighted by molar-refractivity contribution is 6.35. The van der Waals surface area contributed by atoms with Gasteiger partial charge in [0.15, 0.2) is 0 Å². The standard InChI is InChI=1S/C8H8ClNO2/c1-6-3-2-4-7(5-6)10(9)8(11)12/h2-5H,1H3,(H,11,12). The van der Waals surface area contributed by atoms with E-state index in [1.807, 2.05) is 13.0 Å². The molecule has 0 atom stereocenters. The number of hydrogen-bond donors (Lipinski definition) is 1. The predicted octanol–water partition coefficient (Wildman–Crippen LogP) is 2.63. The Kier molecular flexibility index (Phi) is 2.55. The minimum Gasteiger partial charge on any atom is -0.464 e. The van der Waals surface area contributed by atoms with Crippen LogP contribution in [-0.2, 0) is 0 Å². The number of amides is 1. The van der Waals surface area contributed by atoms with Crippen LogP contribution in [0.1, 0.15) is 5.56 Å². The number of halogens is 1. The second-order valence-electron chi connectivity index (χ2n) is 2.40. The molecule has 0 aliphatic heterocycles. The Morgan fingerprint density at radius 2 is 2.25 bits per heavy atom. The van der Waals surface area contributed by atoms with Crippen molar-refractivity contribution in [1.29, 1.82) is 0 Å². The van der Waals surface area contributed by atoms with Crippen LogP contribution in [0.5, 0.6) is 0 Å². The first kappa shape index (κ1) is 8.87. The lowest BCUT2D eigenvalue weighted by atomic mass is 10.2. The Morgan fingerprint density at radius 3 is 2.75 bits per heavy atom. The maximum atomic E-state index is 10.4. The maximum absolute atomic E-state index is 10.4. The normalized spacial score (nSPS) is 9.50. The average molecular weight is 186 g/mol. The maximum Gasteiger partial charge on any atom is 0.426 e. The van der Waals surface area contributed by atoms with Gasteiger partial charge in [-0.3, -0.25) is 0 Å². The fourth-order valence-corrected chi connectivity index (χ4v) is 0.966. The monoisotopic (exact) mass is 185 g/mol. The zero-order valence-electron chi connectivity index (χ0n) is 6.49. The fraction of sp³-hybridized carbons (Fsp3) is 0.125. The summed E-state index contributed by atoms with van der Waals surface area (Å²) in [4.78, 5) is 10.4. The van der Waals surface area contributed by atoms with Crippen molar-refractivity contribution in [3.05, 3.63) is 29.8 Å². The van der Waals surface area contributed by atoms with Crippen molar-refractivity contribution in [1.82, 2.24) is 0 Å². The molecule has 64 valence electrons. The third-order valence-corrected chi connectivity index (χ3v) is 1.74. The molecule has 0 fully saturated rings. The highest BCUT2D eigenvalue weighted by atomic mass is 35.5. The number of carbonyl (C=O) groups is 1. The van der Waals surface area contributed by atoms with Crippen molar-refractivity contribution >= 4 is 23.6 Å². The Hall–Kier alpha value is -1.22. The molecule has 3 nitrogen and oxygen atoms in total. The molecule has 4 heteroatoms. The van der Waals surface area contributed by atoms with Crippen LogP contribution in [0.25, 0.3) is 0 Å². The van der Waals surface area contributed by atoms with Crippen LogP contribution in [0.4, 0.5) is 10.5 Å². The highest BCUT2D eigenvalue weighted by Crippen LogP contribution is 2.17. The summed E-state index contributed by atoms with van der Waals surface area (Å²) < 4.78 is 0.660. The zero-order valence-corrected chi connectivity index (χ0v) is 7.25. The number of anilines is 1. The van der Waals surface area contributed by atoms with Gasteiger partial charge in [0.25, 0.3) is 0 Å². The van der Waals surface area contributed by atoms with Gasteiger partial charge in [0.05, 0.1) is 5.69 Å². The molecule has 1 rings (SSSR count). The molecule has 0 bridgehead atoms. The molecule has 12 heavy (non-hydrogen) atoms. The van der Waals surface area contributed by atoms with Crippen molar-refractivity contribution in [2.45, 2.75) is 6.92 Å². The van der Waals surface area contributed by atoms with Gasteiger partial charge in [-0.25, -0.2) is 4.79 Å². The summed E-state index contributed by atoms with van der Waals surface area (Å²) in [6.45, 7) is 1.87. The lowest BCUT2D eigenvalue weighted by Crippen LogP contribution is -2.17. The third kappa shape index (κ3) is 1.89. The van der Waals surface area contributed by atoms with Crippen molar-refractivity contribution < 1.29 is 9.90 Å². The van der Waals surface area contributed by atoms with Gasteiger partial charge in [-0.2, -0.15) is 4.42 Å². The second-order valence-corrected chi connectivity index (χ2v) is 2.74. The molecular weight excluding hydrogens is 178 g/mol. The molecule has 0 aromatic heterocycles. The fourth-order valence-electron chi connectivity index (χ4n) is 0.861. The van der Waals surface area contributed by atoms with Crippen molar-refractivity contribution in [3.63, 3.8) is 0 Å².